The molecular weight excluding hydrogens is 378 g/mol. The molecule has 1 N–H and O–H groups in total. The highest BCUT2D eigenvalue weighted by molar-refractivity contribution is 7.88. The molecule has 3 fully saturated rings. The number of carbonyl (C=O) groups is 2. The molecule has 2 heterocycles. The van der Waals surface area contributed by atoms with Gasteiger partial charge in [-0.1, -0.05) is 49.6 Å². The van der Waals surface area contributed by atoms with E-state index in [9.17, 15) is 18.0 Å². The summed E-state index contributed by atoms with van der Waals surface area (Å²) in [6, 6.07) is 8.00. The summed E-state index contributed by atoms with van der Waals surface area (Å²) in [6.45, 7) is 0.414. The smallest absolute Gasteiger partial charge is 0.312 e. The maximum absolute atomic E-state index is 12.9. The molecule has 152 valence electrons. The minimum atomic E-state index is -3.51. The van der Waals surface area contributed by atoms with Crippen molar-refractivity contribution in [2.45, 2.75) is 68.8 Å². The lowest BCUT2D eigenvalue weighted by Crippen LogP contribution is -2.49. The maximum Gasteiger partial charge on any atom is 0.327 e. The molecule has 2 atom stereocenters. The fourth-order valence-corrected chi connectivity index (χ4v) is 6.13. The zero-order chi connectivity index (χ0) is 19.7. The van der Waals surface area contributed by atoms with Crippen molar-refractivity contribution in [3.05, 3.63) is 35.9 Å². The molecule has 7 nitrogen and oxygen atoms in total. The van der Waals surface area contributed by atoms with Crippen LogP contribution in [-0.4, -0.2) is 54.8 Å². The molecule has 0 spiro atoms. The van der Waals surface area contributed by atoms with Crippen LogP contribution in [0, 0.1) is 0 Å². The monoisotopic (exact) mass is 405 g/mol. The number of fused-ring (bicyclic) bond motifs is 1. The second-order valence-corrected chi connectivity index (χ2v) is 9.83. The number of imide groups is 1. The number of hydrogen-bond acceptors (Lipinski definition) is 4. The molecule has 0 radical (unpaired) electrons. The number of urea groups is 1. The van der Waals surface area contributed by atoms with Gasteiger partial charge in [-0.2, -0.15) is 0 Å². The van der Waals surface area contributed by atoms with Gasteiger partial charge in [-0.3, -0.25) is 9.69 Å². The topological polar surface area (TPSA) is 86.8 Å². The summed E-state index contributed by atoms with van der Waals surface area (Å²) in [5.41, 5.74) is 0.725. The van der Waals surface area contributed by atoms with E-state index in [2.05, 4.69) is 4.72 Å². The normalized spacial score (nSPS) is 26.6. The fraction of sp³-hybridized carbons (Fsp3) is 0.600. The van der Waals surface area contributed by atoms with Crippen molar-refractivity contribution < 1.29 is 18.0 Å². The van der Waals surface area contributed by atoms with Crippen molar-refractivity contribution >= 4 is 22.0 Å². The van der Waals surface area contributed by atoms with Crippen molar-refractivity contribution in [3.63, 3.8) is 0 Å². The number of piperidine rings is 1. The number of rotatable bonds is 5. The average Bonchev–Trinajstić information content (AvgIpc) is 2.92. The molecule has 2 aliphatic heterocycles. The molecule has 8 heteroatoms. The van der Waals surface area contributed by atoms with Gasteiger partial charge in [0.25, 0.3) is 5.91 Å². The van der Waals surface area contributed by atoms with E-state index >= 15 is 0 Å². The van der Waals surface area contributed by atoms with Gasteiger partial charge in [-0.25, -0.2) is 17.9 Å². The first-order valence-corrected chi connectivity index (χ1v) is 11.8. The maximum atomic E-state index is 12.9. The van der Waals surface area contributed by atoms with Crippen LogP contribution in [0.15, 0.2) is 30.3 Å². The van der Waals surface area contributed by atoms with Crippen LogP contribution in [0.2, 0.25) is 0 Å². The predicted molar refractivity (Wildman–Crippen MR) is 105 cm³/mol. The number of nitrogens with one attached hydrogen (secondary N) is 1. The van der Waals surface area contributed by atoms with Gasteiger partial charge in [0.05, 0.1) is 5.75 Å². The minimum Gasteiger partial charge on any atom is -0.312 e. The van der Waals surface area contributed by atoms with Crippen LogP contribution in [0.4, 0.5) is 4.79 Å². The summed E-state index contributed by atoms with van der Waals surface area (Å²) < 4.78 is 27.8. The summed E-state index contributed by atoms with van der Waals surface area (Å²) >= 11 is 0. The second-order valence-electron chi connectivity index (χ2n) is 8.08. The number of hydrogen-bond donors (Lipinski definition) is 1. The second kappa shape index (κ2) is 7.83. The van der Waals surface area contributed by atoms with E-state index in [-0.39, 0.29) is 29.8 Å². The third-order valence-electron chi connectivity index (χ3n) is 6.06. The minimum absolute atomic E-state index is 0.00701. The number of amides is 3. The van der Waals surface area contributed by atoms with Crippen molar-refractivity contribution in [2.24, 2.45) is 0 Å². The largest absolute Gasteiger partial charge is 0.327 e. The summed E-state index contributed by atoms with van der Waals surface area (Å²) in [7, 11) is -3.51. The Hall–Kier alpha value is -1.93. The van der Waals surface area contributed by atoms with Gasteiger partial charge < -0.3 is 4.90 Å². The first-order valence-electron chi connectivity index (χ1n) is 10.1. The summed E-state index contributed by atoms with van der Waals surface area (Å²) in [5.74, 6) is -0.233. The third kappa shape index (κ3) is 3.93. The number of nitrogens with zero attached hydrogens (tertiary/aromatic N) is 2. The van der Waals surface area contributed by atoms with E-state index in [4.69, 9.17) is 0 Å². The summed E-state index contributed by atoms with van der Waals surface area (Å²) in [4.78, 5) is 28.8. The molecule has 28 heavy (non-hydrogen) atoms. The van der Waals surface area contributed by atoms with Gasteiger partial charge >= 0.3 is 6.03 Å². The molecule has 3 aliphatic rings. The van der Waals surface area contributed by atoms with Gasteiger partial charge in [0.2, 0.25) is 10.0 Å². The van der Waals surface area contributed by atoms with Crippen LogP contribution >= 0.6 is 0 Å². The molecule has 0 aromatic heterocycles. The first kappa shape index (κ1) is 19.4. The van der Waals surface area contributed by atoms with E-state index < -0.39 is 16.1 Å². The van der Waals surface area contributed by atoms with Crippen molar-refractivity contribution in [1.82, 2.24) is 14.5 Å². The molecule has 1 aromatic rings. The highest BCUT2D eigenvalue weighted by atomic mass is 32.2. The Balaban J connectivity index is 1.41. The lowest BCUT2D eigenvalue weighted by molar-refractivity contribution is -0.130. The molecule has 2 saturated heterocycles. The van der Waals surface area contributed by atoms with E-state index in [0.29, 0.717) is 19.4 Å². The van der Waals surface area contributed by atoms with E-state index in [0.717, 1.165) is 37.7 Å². The van der Waals surface area contributed by atoms with E-state index in [1.165, 1.54) is 4.90 Å². The predicted octanol–water partition coefficient (Wildman–Crippen LogP) is 2.23. The molecule has 0 unspecified atom stereocenters. The molecule has 4 rings (SSSR count). The van der Waals surface area contributed by atoms with Crippen LogP contribution in [0.3, 0.4) is 0 Å². The quantitative estimate of drug-likeness (QED) is 0.761. The van der Waals surface area contributed by atoms with Gasteiger partial charge in [0.1, 0.15) is 6.04 Å². The van der Waals surface area contributed by atoms with Crippen molar-refractivity contribution in [1.29, 1.82) is 0 Å². The molecule has 3 amide bonds. The van der Waals surface area contributed by atoms with Gasteiger partial charge in [-0.15, -0.1) is 0 Å². The average molecular weight is 406 g/mol. The molecule has 1 aromatic carbocycles. The van der Waals surface area contributed by atoms with Crippen LogP contribution < -0.4 is 4.72 Å². The highest BCUT2D eigenvalue weighted by Gasteiger charge is 2.50. The van der Waals surface area contributed by atoms with Crippen LogP contribution in [-0.2, 0) is 20.6 Å². The Bertz CT molecular complexity index is 836. The Morgan fingerprint density at radius 1 is 1.00 bits per heavy atom. The number of sulfonamides is 1. The van der Waals surface area contributed by atoms with Gasteiger partial charge in [0, 0.05) is 18.6 Å². The van der Waals surface area contributed by atoms with Gasteiger partial charge in [0.15, 0.2) is 0 Å². The lowest BCUT2D eigenvalue weighted by atomic mass is 9.94. The standard InChI is InChI=1S/C20H27N3O4S/c24-19-18-13-16(21-28(26,27)14-15-7-3-1-4-8-15)11-12-22(18)20(25)23(19)17-9-5-2-6-10-17/h1,3-4,7-8,16-18,21H,2,5-6,9-14H2/t16-,18-/m0/s1. The van der Waals surface area contributed by atoms with Crippen molar-refractivity contribution in [3.8, 4) is 0 Å². The summed E-state index contributed by atoms with van der Waals surface area (Å²) in [6.07, 6.45) is 5.90. The highest BCUT2D eigenvalue weighted by Crippen LogP contribution is 2.32. The SMILES string of the molecule is O=C1[C@@H]2C[C@@H](NS(=O)(=O)Cc3ccccc3)CCN2C(=O)N1C1CCCCC1. The van der Waals surface area contributed by atoms with Crippen LogP contribution in [0.1, 0.15) is 50.5 Å². The van der Waals surface area contributed by atoms with Gasteiger partial charge in [-0.05, 0) is 31.2 Å². The number of carbonyl (C=O) groups excluding carboxylic acids is 2. The summed E-state index contributed by atoms with van der Waals surface area (Å²) in [5, 5.41) is 0. The molecule has 1 aliphatic carbocycles. The van der Waals surface area contributed by atoms with E-state index in [1.54, 1.807) is 17.0 Å². The van der Waals surface area contributed by atoms with Crippen LogP contribution in [0.25, 0.3) is 0 Å². The Kier molecular flexibility index (Phi) is 5.42. The Labute approximate surface area is 166 Å². The third-order valence-corrected chi connectivity index (χ3v) is 7.47. The Morgan fingerprint density at radius 3 is 2.43 bits per heavy atom. The molecular formula is C20H27N3O4S. The fourth-order valence-electron chi connectivity index (χ4n) is 4.69. The zero-order valence-corrected chi connectivity index (χ0v) is 16.7. The Morgan fingerprint density at radius 2 is 1.71 bits per heavy atom. The molecule has 0 bridgehead atoms. The van der Waals surface area contributed by atoms with Crippen LogP contribution in [0.5, 0.6) is 0 Å². The lowest BCUT2D eigenvalue weighted by Gasteiger charge is -2.32. The van der Waals surface area contributed by atoms with Crippen molar-refractivity contribution in [2.75, 3.05) is 6.54 Å². The first-order chi connectivity index (χ1) is 13.4. The van der Waals surface area contributed by atoms with E-state index in [1.807, 2.05) is 18.2 Å². The zero-order valence-electron chi connectivity index (χ0n) is 15.9. The molecule has 1 saturated carbocycles. The number of benzene rings is 1.